The Bertz CT molecular complexity index is 1160. The number of nitrogens with zero attached hydrogens (tertiary/aromatic N) is 2. The predicted molar refractivity (Wildman–Crippen MR) is 121 cm³/mol. The molecule has 1 aromatic heterocycles. The molecule has 0 saturated carbocycles. The Kier molecular flexibility index (Phi) is 4.60. The maximum absolute atomic E-state index is 15.2. The lowest BCUT2D eigenvalue weighted by atomic mass is 9.89. The van der Waals surface area contributed by atoms with Crippen molar-refractivity contribution in [3.05, 3.63) is 64.6 Å². The number of likely N-dealkylation sites (tertiary alicyclic amines) is 1. The summed E-state index contributed by atoms with van der Waals surface area (Å²) >= 11 is 0. The van der Waals surface area contributed by atoms with Gasteiger partial charge in [0.25, 0.3) is 0 Å². The molecule has 5 heteroatoms. The molecule has 0 aliphatic carbocycles. The van der Waals surface area contributed by atoms with Gasteiger partial charge in [-0.2, -0.15) is 0 Å². The van der Waals surface area contributed by atoms with E-state index >= 15 is 4.39 Å². The number of carbonyl (C=O) groups is 1. The average molecular weight is 418 g/mol. The molecular weight excluding hydrogens is 389 g/mol. The highest BCUT2D eigenvalue weighted by Gasteiger charge is 2.34. The van der Waals surface area contributed by atoms with Crippen LogP contribution in [0.1, 0.15) is 47.4 Å². The molecule has 4 nitrogen and oxygen atoms in total. The molecule has 0 unspecified atom stereocenters. The van der Waals surface area contributed by atoms with Gasteiger partial charge in [0.2, 0.25) is 5.91 Å². The SMILES string of the molecule is O=C1CCc2cc(CCN3CCC(c4c[nH]c5ccccc45)CC3)c(F)c3c2N1CC3. The minimum atomic E-state index is -0.0652. The summed E-state index contributed by atoms with van der Waals surface area (Å²) in [5.41, 5.74) is 6.33. The molecule has 1 saturated heterocycles. The number of fused-ring (bicyclic) bond motifs is 1. The van der Waals surface area contributed by atoms with Crippen molar-refractivity contribution in [1.29, 1.82) is 0 Å². The van der Waals surface area contributed by atoms with Gasteiger partial charge in [-0.25, -0.2) is 4.39 Å². The third-order valence-electron chi connectivity index (χ3n) is 7.60. The van der Waals surface area contributed by atoms with Gasteiger partial charge in [-0.3, -0.25) is 4.79 Å². The quantitative estimate of drug-likeness (QED) is 0.676. The van der Waals surface area contributed by atoms with Crippen molar-refractivity contribution in [3.8, 4) is 0 Å². The van der Waals surface area contributed by atoms with Gasteiger partial charge in [0, 0.05) is 42.2 Å². The monoisotopic (exact) mass is 417 g/mol. The molecule has 0 bridgehead atoms. The highest BCUT2D eigenvalue weighted by Crippen LogP contribution is 2.40. The summed E-state index contributed by atoms with van der Waals surface area (Å²) in [5, 5.41) is 1.35. The summed E-state index contributed by atoms with van der Waals surface area (Å²) < 4.78 is 15.2. The van der Waals surface area contributed by atoms with Crippen LogP contribution in [0, 0.1) is 5.82 Å². The lowest BCUT2D eigenvalue weighted by Crippen LogP contribution is -2.34. The second-order valence-electron chi connectivity index (χ2n) is 9.29. The van der Waals surface area contributed by atoms with E-state index in [0.717, 1.165) is 62.1 Å². The molecule has 160 valence electrons. The summed E-state index contributed by atoms with van der Waals surface area (Å²) in [7, 11) is 0. The zero-order valence-corrected chi connectivity index (χ0v) is 17.8. The number of anilines is 1. The van der Waals surface area contributed by atoms with Crippen molar-refractivity contribution < 1.29 is 9.18 Å². The number of benzene rings is 2. The van der Waals surface area contributed by atoms with E-state index in [1.165, 1.54) is 22.0 Å². The third kappa shape index (κ3) is 3.18. The number of H-pyrrole nitrogens is 1. The van der Waals surface area contributed by atoms with E-state index in [-0.39, 0.29) is 11.7 Å². The third-order valence-corrected chi connectivity index (χ3v) is 7.60. The molecule has 3 aliphatic rings. The van der Waals surface area contributed by atoms with E-state index in [2.05, 4.69) is 40.3 Å². The fourth-order valence-electron chi connectivity index (χ4n) is 5.91. The Morgan fingerprint density at radius 3 is 2.77 bits per heavy atom. The van der Waals surface area contributed by atoms with Crippen LogP contribution in [0.15, 0.2) is 36.5 Å². The topological polar surface area (TPSA) is 39.3 Å². The first kappa shape index (κ1) is 19.1. The molecular formula is C26H28FN3O. The van der Waals surface area contributed by atoms with Crippen LogP contribution < -0.4 is 4.90 Å². The Morgan fingerprint density at radius 2 is 1.90 bits per heavy atom. The largest absolute Gasteiger partial charge is 0.361 e. The van der Waals surface area contributed by atoms with Crippen LogP contribution in [0.4, 0.5) is 10.1 Å². The molecule has 1 amide bonds. The van der Waals surface area contributed by atoms with E-state index in [1.807, 2.05) is 6.07 Å². The number of halogens is 1. The first-order valence-electron chi connectivity index (χ1n) is 11.6. The molecule has 3 aliphatic heterocycles. The van der Waals surface area contributed by atoms with E-state index < -0.39 is 0 Å². The summed E-state index contributed by atoms with van der Waals surface area (Å²) in [6, 6.07) is 10.6. The Balaban J connectivity index is 1.12. The number of aromatic amines is 1. The summed E-state index contributed by atoms with van der Waals surface area (Å²) in [6.07, 6.45) is 7.19. The Hall–Kier alpha value is -2.66. The molecule has 0 atom stereocenters. The lowest BCUT2D eigenvalue weighted by molar-refractivity contribution is -0.118. The maximum atomic E-state index is 15.2. The number of aryl methyl sites for hydroxylation is 1. The molecule has 3 aromatic rings. The van der Waals surface area contributed by atoms with E-state index in [9.17, 15) is 4.79 Å². The van der Waals surface area contributed by atoms with Crippen molar-refractivity contribution in [2.75, 3.05) is 31.1 Å². The number of piperidine rings is 1. The first-order valence-corrected chi connectivity index (χ1v) is 11.6. The zero-order valence-electron chi connectivity index (χ0n) is 17.8. The molecule has 4 heterocycles. The maximum Gasteiger partial charge on any atom is 0.227 e. The smallest absolute Gasteiger partial charge is 0.227 e. The van der Waals surface area contributed by atoms with Crippen LogP contribution in [0.5, 0.6) is 0 Å². The van der Waals surface area contributed by atoms with Crippen molar-refractivity contribution in [2.45, 2.75) is 44.4 Å². The first-order chi connectivity index (χ1) is 15.2. The number of nitrogens with one attached hydrogen (secondary N) is 1. The van der Waals surface area contributed by atoms with Gasteiger partial charge in [0.05, 0.1) is 5.69 Å². The van der Waals surface area contributed by atoms with E-state index in [1.54, 1.807) is 4.90 Å². The van der Waals surface area contributed by atoms with Crippen molar-refractivity contribution in [2.24, 2.45) is 0 Å². The minimum absolute atomic E-state index is 0.0652. The Morgan fingerprint density at radius 1 is 1.06 bits per heavy atom. The number of rotatable bonds is 4. The van der Waals surface area contributed by atoms with Crippen LogP contribution in [-0.4, -0.2) is 42.0 Å². The van der Waals surface area contributed by atoms with Gasteiger partial charge in [0.15, 0.2) is 0 Å². The number of amides is 1. The number of aromatic nitrogens is 1. The second kappa shape index (κ2) is 7.49. The van der Waals surface area contributed by atoms with Gasteiger partial charge >= 0.3 is 0 Å². The standard InChI is InChI=1S/C26H28FN3O/c27-25-18(15-19-5-6-24(31)30-14-10-21(25)26(19)30)9-13-29-11-7-17(8-12-29)22-16-28-23-4-2-1-3-20(22)23/h1-4,15-17,28H,5-14H2. The number of carbonyl (C=O) groups excluding carboxylic acids is 1. The minimum Gasteiger partial charge on any atom is -0.361 e. The molecule has 0 spiro atoms. The van der Waals surface area contributed by atoms with Crippen LogP contribution >= 0.6 is 0 Å². The van der Waals surface area contributed by atoms with Crippen molar-refractivity contribution in [1.82, 2.24) is 9.88 Å². The van der Waals surface area contributed by atoms with Crippen molar-refractivity contribution >= 4 is 22.5 Å². The van der Waals surface area contributed by atoms with Gasteiger partial charge in [-0.15, -0.1) is 0 Å². The second-order valence-corrected chi connectivity index (χ2v) is 9.29. The number of hydrogen-bond acceptors (Lipinski definition) is 2. The van der Waals surface area contributed by atoms with Crippen LogP contribution in [0.25, 0.3) is 10.9 Å². The average Bonchev–Trinajstić information content (AvgIpc) is 3.44. The molecule has 1 N–H and O–H groups in total. The number of hydrogen-bond donors (Lipinski definition) is 1. The fourth-order valence-corrected chi connectivity index (χ4v) is 5.91. The fraction of sp³-hybridized carbons (Fsp3) is 0.423. The molecule has 1 fully saturated rings. The zero-order chi connectivity index (χ0) is 20.9. The molecule has 0 radical (unpaired) electrons. The highest BCUT2D eigenvalue weighted by atomic mass is 19.1. The van der Waals surface area contributed by atoms with E-state index in [4.69, 9.17) is 0 Å². The Labute approximate surface area is 182 Å². The van der Waals surface area contributed by atoms with Gasteiger partial charge in [0.1, 0.15) is 5.82 Å². The highest BCUT2D eigenvalue weighted by molar-refractivity contribution is 5.98. The van der Waals surface area contributed by atoms with Crippen LogP contribution in [0.3, 0.4) is 0 Å². The molecule has 31 heavy (non-hydrogen) atoms. The molecule has 2 aromatic carbocycles. The summed E-state index contributed by atoms with van der Waals surface area (Å²) in [4.78, 5) is 19.8. The lowest BCUT2D eigenvalue weighted by Gasteiger charge is -2.32. The predicted octanol–water partition coefficient (Wildman–Crippen LogP) is 4.56. The number of para-hydroxylation sites is 1. The summed E-state index contributed by atoms with van der Waals surface area (Å²) in [6.45, 7) is 3.67. The van der Waals surface area contributed by atoms with E-state index in [0.29, 0.717) is 25.3 Å². The van der Waals surface area contributed by atoms with Gasteiger partial charge < -0.3 is 14.8 Å². The van der Waals surface area contributed by atoms with Gasteiger partial charge in [-0.05, 0) is 73.9 Å². The van der Waals surface area contributed by atoms with Gasteiger partial charge in [-0.1, -0.05) is 24.3 Å². The molecule has 6 rings (SSSR count). The van der Waals surface area contributed by atoms with Crippen molar-refractivity contribution in [3.63, 3.8) is 0 Å². The van der Waals surface area contributed by atoms with Crippen LogP contribution in [-0.2, 0) is 24.1 Å². The summed E-state index contributed by atoms with van der Waals surface area (Å²) in [5.74, 6) is 0.679. The normalized spacial score (nSPS) is 19.4. The van der Waals surface area contributed by atoms with Crippen LogP contribution in [0.2, 0.25) is 0 Å².